The highest BCUT2D eigenvalue weighted by atomic mass is 35.5. The molecule has 1 unspecified atom stereocenters. The number of ether oxygens (including phenoxy) is 1. The van der Waals surface area contributed by atoms with Gasteiger partial charge in [0.25, 0.3) is 0 Å². The third-order valence-electron chi connectivity index (χ3n) is 3.46. The van der Waals surface area contributed by atoms with Crippen molar-refractivity contribution in [3.8, 4) is 0 Å². The number of benzene rings is 2. The van der Waals surface area contributed by atoms with Crippen molar-refractivity contribution in [2.24, 2.45) is 0 Å². The molecule has 0 saturated carbocycles. The highest BCUT2D eigenvalue weighted by Crippen LogP contribution is 2.19. The van der Waals surface area contributed by atoms with Gasteiger partial charge in [-0.2, -0.15) is 0 Å². The number of methoxy groups -OCH3 is 1. The average Bonchev–Trinajstić information content (AvgIpc) is 2.55. The zero-order chi connectivity index (χ0) is 16.7. The van der Waals surface area contributed by atoms with Crippen LogP contribution in [-0.2, 0) is 22.7 Å². The fourth-order valence-electron chi connectivity index (χ4n) is 2.17. The summed E-state index contributed by atoms with van der Waals surface area (Å²) in [5.41, 5.74) is 2.76. The molecular formula is C18H20ClNO3. The van der Waals surface area contributed by atoms with Gasteiger partial charge in [0.2, 0.25) is 5.91 Å². The lowest BCUT2D eigenvalue weighted by Gasteiger charge is -2.11. The highest BCUT2D eigenvalue weighted by Gasteiger charge is 2.12. The Kier molecular flexibility index (Phi) is 6.59. The summed E-state index contributed by atoms with van der Waals surface area (Å²) in [5.74, 6) is -0.201. The molecule has 0 aliphatic carbocycles. The molecular weight excluding hydrogens is 314 g/mol. The van der Waals surface area contributed by atoms with Gasteiger partial charge in [-0.25, -0.2) is 0 Å². The Morgan fingerprint density at radius 2 is 1.74 bits per heavy atom. The SMILES string of the molecule is COCc1ccc(CNC(=O)CC(O)c2ccc(Cl)cc2)cc1. The van der Waals surface area contributed by atoms with Crippen LogP contribution in [-0.4, -0.2) is 18.1 Å². The van der Waals surface area contributed by atoms with Crippen LogP contribution in [0.1, 0.15) is 29.2 Å². The lowest BCUT2D eigenvalue weighted by molar-refractivity contribution is -0.123. The van der Waals surface area contributed by atoms with Crippen molar-refractivity contribution in [1.29, 1.82) is 0 Å². The molecule has 0 radical (unpaired) electrons. The fourth-order valence-corrected chi connectivity index (χ4v) is 2.30. The van der Waals surface area contributed by atoms with Crippen LogP contribution in [0, 0.1) is 0 Å². The molecule has 1 atom stereocenters. The molecule has 0 spiro atoms. The quantitative estimate of drug-likeness (QED) is 0.818. The van der Waals surface area contributed by atoms with Crippen molar-refractivity contribution in [2.45, 2.75) is 25.7 Å². The maximum Gasteiger partial charge on any atom is 0.223 e. The van der Waals surface area contributed by atoms with Crippen molar-refractivity contribution in [2.75, 3.05) is 7.11 Å². The minimum Gasteiger partial charge on any atom is -0.388 e. The molecule has 23 heavy (non-hydrogen) atoms. The molecule has 0 bridgehead atoms. The molecule has 0 aromatic heterocycles. The Morgan fingerprint density at radius 1 is 1.13 bits per heavy atom. The molecule has 5 heteroatoms. The van der Waals surface area contributed by atoms with Gasteiger partial charge in [0, 0.05) is 18.7 Å². The van der Waals surface area contributed by atoms with E-state index in [9.17, 15) is 9.90 Å². The second-order valence-electron chi connectivity index (χ2n) is 5.30. The van der Waals surface area contributed by atoms with Crippen molar-refractivity contribution in [1.82, 2.24) is 5.32 Å². The van der Waals surface area contributed by atoms with Crippen LogP contribution < -0.4 is 5.32 Å². The normalized spacial score (nSPS) is 12.0. The molecule has 0 aliphatic rings. The Labute approximate surface area is 141 Å². The van der Waals surface area contributed by atoms with Crippen molar-refractivity contribution in [3.63, 3.8) is 0 Å². The molecule has 2 aromatic carbocycles. The number of aliphatic hydroxyl groups excluding tert-OH is 1. The number of amides is 1. The molecule has 2 aromatic rings. The van der Waals surface area contributed by atoms with Gasteiger partial charge in [-0.3, -0.25) is 4.79 Å². The number of aliphatic hydroxyl groups is 1. The van der Waals surface area contributed by atoms with Gasteiger partial charge < -0.3 is 15.2 Å². The van der Waals surface area contributed by atoms with E-state index in [2.05, 4.69) is 5.32 Å². The van der Waals surface area contributed by atoms with Crippen LogP contribution in [0.15, 0.2) is 48.5 Å². The van der Waals surface area contributed by atoms with Gasteiger partial charge in [0.15, 0.2) is 0 Å². The summed E-state index contributed by atoms with van der Waals surface area (Å²) in [4.78, 5) is 11.9. The summed E-state index contributed by atoms with van der Waals surface area (Å²) in [6.45, 7) is 0.999. The zero-order valence-corrected chi connectivity index (χ0v) is 13.7. The number of hydrogen-bond donors (Lipinski definition) is 2. The van der Waals surface area contributed by atoms with Gasteiger partial charge in [-0.1, -0.05) is 48.0 Å². The zero-order valence-electron chi connectivity index (χ0n) is 13.0. The van der Waals surface area contributed by atoms with Gasteiger partial charge in [0.05, 0.1) is 19.1 Å². The summed E-state index contributed by atoms with van der Waals surface area (Å²) >= 11 is 5.80. The molecule has 0 aliphatic heterocycles. The van der Waals surface area contributed by atoms with Crippen molar-refractivity contribution < 1.29 is 14.6 Å². The van der Waals surface area contributed by atoms with Gasteiger partial charge in [-0.05, 0) is 28.8 Å². The average molecular weight is 334 g/mol. The number of hydrogen-bond acceptors (Lipinski definition) is 3. The van der Waals surface area contributed by atoms with Crippen LogP contribution >= 0.6 is 11.6 Å². The van der Waals surface area contributed by atoms with Crippen molar-refractivity contribution >= 4 is 17.5 Å². The van der Waals surface area contributed by atoms with E-state index in [0.29, 0.717) is 23.7 Å². The van der Waals surface area contributed by atoms with E-state index in [1.165, 1.54) is 0 Å². The Morgan fingerprint density at radius 3 is 2.35 bits per heavy atom. The maximum absolute atomic E-state index is 11.9. The minimum absolute atomic E-state index is 0.0173. The monoisotopic (exact) mass is 333 g/mol. The summed E-state index contributed by atoms with van der Waals surface area (Å²) < 4.78 is 5.05. The van der Waals surface area contributed by atoms with Crippen LogP contribution in [0.3, 0.4) is 0 Å². The van der Waals surface area contributed by atoms with Gasteiger partial charge >= 0.3 is 0 Å². The molecule has 4 nitrogen and oxygen atoms in total. The van der Waals surface area contributed by atoms with Crippen molar-refractivity contribution in [3.05, 3.63) is 70.2 Å². The molecule has 0 saturated heterocycles. The number of nitrogens with one attached hydrogen (secondary N) is 1. The first kappa shape index (κ1) is 17.5. The van der Waals surface area contributed by atoms with Gasteiger partial charge in [0.1, 0.15) is 0 Å². The van der Waals surface area contributed by atoms with E-state index in [4.69, 9.17) is 16.3 Å². The Hall–Kier alpha value is -1.88. The first-order valence-corrected chi connectivity index (χ1v) is 7.73. The predicted molar refractivity (Wildman–Crippen MR) is 90.0 cm³/mol. The van der Waals surface area contributed by atoms with E-state index < -0.39 is 6.10 Å². The topological polar surface area (TPSA) is 58.6 Å². The minimum atomic E-state index is -0.837. The number of carbonyl (C=O) groups is 1. The largest absolute Gasteiger partial charge is 0.388 e. The van der Waals surface area contributed by atoms with Crippen LogP contribution in [0.25, 0.3) is 0 Å². The van der Waals surface area contributed by atoms with E-state index in [0.717, 1.165) is 11.1 Å². The fraction of sp³-hybridized carbons (Fsp3) is 0.278. The number of rotatable bonds is 7. The standard InChI is InChI=1S/C18H20ClNO3/c1-23-12-14-4-2-13(3-5-14)11-20-18(22)10-17(21)15-6-8-16(19)9-7-15/h2-9,17,21H,10-12H2,1H3,(H,20,22). The second kappa shape index (κ2) is 8.67. The highest BCUT2D eigenvalue weighted by molar-refractivity contribution is 6.30. The Balaban J connectivity index is 1.81. The van der Waals surface area contributed by atoms with E-state index >= 15 is 0 Å². The summed E-state index contributed by atoms with van der Waals surface area (Å²) in [5, 5.41) is 13.5. The third-order valence-corrected chi connectivity index (χ3v) is 3.71. The lowest BCUT2D eigenvalue weighted by Crippen LogP contribution is -2.24. The van der Waals surface area contributed by atoms with E-state index in [1.54, 1.807) is 31.4 Å². The first-order valence-electron chi connectivity index (χ1n) is 7.35. The van der Waals surface area contributed by atoms with E-state index in [-0.39, 0.29) is 12.3 Å². The third kappa shape index (κ3) is 5.67. The molecule has 0 fully saturated rings. The molecule has 122 valence electrons. The predicted octanol–water partition coefficient (Wildman–Crippen LogP) is 3.23. The second-order valence-corrected chi connectivity index (χ2v) is 5.73. The number of carbonyl (C=O) groups excluding carboxylic acids is 1. The first-order chi connectivity index (χ1) is 11.1. The van der Waals surface area contributed by atoms with Gasteiger partial charge in [-0.15, -0.1) is 0 Å². The van der Waals surface area contributed by atoms with Crippen LogP contribution in [0.2, 0.25) is 5.02 Å². The molecule has 1 amide bonds. The van der Waals surface area contributed by atoms with E-state index in [1.807, 2.05) is 24.3 Å². The number of halogens is 1. The molecule has 2 N–H and O–H groups in total. The summed E-state index contributed by atoms with van der Waals surface area (Å²) in [7, 11) is 1.65. The van der Waals surface area contributed by atoms with Crippen LogP contribution in [0.4, 0.5) is 0 Å². The molecule has 2 rings (SSSR count). The Bertz CT molecular complexity index is 626. The molecule has 0 heterocycles. The smallest absolute Gasteiger partial charge is 0.223 e. The lowest BCUT2D eigenvalue weighted by atomic mass is 10.1. The summed E-state index contributed by atoms with van der Waals surface area (Å²) in [6.07, 6.45) is -0.819. The maximum atomic E-state index is 11.9. The van der Waals surface area contributed by atoms with Crippen LogP contribution in [0.5, 0.6) is 0 Å². The summed E-state index contributed by atoms with van der Waals surface area (Å²) in [6, 6.07) is 14.7.